The Hall–Kier alpha value is -3.16. The van der Waals surface area contributed by atoms with Gasteiger partial charge < -0.3 is 9.47 Å². The summed E-state index contributed by atoms with van der Waals surface area (Å²) in [7, 11) is 3.26. The number of amides is 1. The lowest BCUT2D eigenvalue weighted by Crippen LogP contribution is -2.47. The van der Waals surface area contributed by atoms with E-state index in [2.05, 4.69) is 4.98 Å². The number of benzene rings is 1. The van der Waals surface area contributed by atoms with Crippen LogP contribution in [0.3, 0.4) is 0 Å². The van der Waals surface area contributed by atoms with Gasteiger partial charge in [-0.3, -0.25) is 14.2 Å². The lowest BCUT2D eigenvalue weighted by molar-refractivity contribution is -0.135. The standard InChI is InChI=1S/C21H25N5O3/c1-14(16-9-10-16)25(11-15-7-5-4-6-8-15)17(27)12-26-20(28)18-19(22-13-23(18)2)24(3)21(26)29/h4-8,13-14,16H,9-12H2,1-3H3. The van der Waals surface area contributed by atoms with Crippen LogP contribution in [0.1, 0.15) is 25.3 Å². The Kier molecular flexibility index (Phi) is 4.86. The molecule has 0 spiro atoms. The second-order valence-corrected chi connectivity index (χ2v) is 7.85. The maximum absolute atomic E-state index is 13.3. The van der Waals surface area contributed by atoms with Crippen LogP contribution in [0.5, 0.6) is 0 Å². The third-order valence-electron chi connectivity index (χ3n) is 5.81. The average Bonchev–Trinajstić information content (AvgIpc) is 3.50. The molecule has 0 radical (unpaired) electrons. The molecular formula is C21H25N5O3. The largest absolute Gasteiger partial charge is 0.334 e. The summed E-state index contributed by atoms with van der Waals surface area (Å²) in [6, 6.07) is 9.83. The molecule has 3 aromatic rings. The summed E-state index contributed by atoms with van der Waals surface area (Å²) in [6.07, 6.45) is 3.69. The van der Waals surface area contributed by atoms with Crippen LogP contribution in [0.25, 0.3) is 11.2 Å². The first-order valence-corrected chi connectivity index (χ1v) is 9.82. The van der Waals surface area contributed by atoms with Crippen LogP contribution in [-0.2, 0) is 32.0 Å². The van der Waals surface area contributed by atoms with Crippen LogP contribution < -0.4 is 11.2 Å². The quantitative estimate of drug-likeness (QED) is 0.629. The highest BCUT2D eigenvalue weighted by Crippen LogP contribution is 2.35. The molecule has 1 aromatic carbocycles. The topological polar surface area (TPSA) is 82.1 Å². The number of aryl methyl sites for hydroxylation is 2. The summed E-state index contributed by atoms with van der Waals surface area (Å²) in [6.45, 7) is 2.22. The summed E-state index contributed by atoms with van der Waals surface area (Å²) >= 11 is 0. The number of carbonyl (C=O) groups is 1. The van der Waals surface area contributed by atoms with Gasteiger partial charge in [-0.15, -0.1) is 0 Å². The average molecular weight is 395 g/mol. The van der Waals surface area contributed by atoms with Crippen molar-refractivity contribution in [3.8, 4) is 0 Å². The van der Waals surface area contributed by atoms with Gasteiger partial charge in [0.05, 0.1) is 6.33 Å². The Bertz CT molecular complexity index is 1170. The summed E-state index contributed by atoms with van der Waals surface area (Å²) in [5, 5.41) is 0. The van der Waals surface area contributed by atoms with Crippen LogP contribution in [0, 0.1) is 5.92 Å². The molecule has 0 aliphatic heterocycles. The highest BCUT2D eigenvalue weighted by Gasteiger charge is 2.34. The minimum Gasteiger partial charge on any atom is -0.334 e. The molecule has 2 aromatic heterocycles. The zero-order chi connectivity index (χ0) is 20.7. The fourth-order valence-electron chi connectivity index (χ4n) is 3.83. The molecule has 1 fully saturated rings. The number of aromatic nitrogens is 4. The molecule has 0 bridgehead atoms. The highest BCUT2D eigenvalue weighted by molar-refractivity contribution is 5.77. The van der Waals surface area contributed by atoms with Crippen molar-refractivity contribution in [1.82, 2.24) is 23.6 Å². The van der Waals surface area contributed by atoms with Gasteiger partial charge in [-0.2, -0.15) is 0 Å². The molecule has 1 aliphatic rings. The number of hydrogen-bond acceptors (Lipinski definition) is 4. The van der Waals surface area contributed by atoms with E-state index in [-0.39, 0.29) is 18.5 Å². The molecule has 1 aliphatic carbocycles. The maximum Gasteiger partial charge on any atom is 0.332 e. The van der Waals surface area contributed by atoms with Crippen molar-refractivity contribution in [3.63, 3.8) is 0 Å². The van der Waals surface area contributed by atoms with Crippen LogP contribution in [0.2, 0.25) is 0 Å². The molecule has 29 heavy (non-hydrogen) atoms. The van der Waals surface area contributed by atoms with Gasteiger partial charge in [0.2, 0.25) is 5.91 Å². The molecule has 1 amide bonds. The third-order valence-corrected chi connectivity index (χ3v) is 5.81. The van der Waals surface area contributed by atoms with Gasteiger partial charge in [0.15, 0.2) is 11.2 Å². The molecular weight excluding hydrogens is 370 g/mol. The van der Waals surface area contributed by atoms with E-state index >= 15 is 0 Å². The number of fused-ring (bicyclic) bond motifs is 1. The molecule has 8 heteroatoms. The first-order chi connectivity index (χ1) is 13.9. The number of hydrogen-bond donors (Lipinski definition) is 0. The lowest BCUT2D eigenvalue weighted by Gasteiger charge is -2.30. The third kappa shape index (κ3) is 3.50. The maximum atomic E-state index is 13.3. The van der Waals surface area contributed by atoms with Gasteiger partial charge in [0.25, 0.3) is 5.56 Å². The van der Waals surface area contributed by atoms with E-state index in [0.29, 0.717) is 23.6 Å². The second kappa shape index (κ2) is 7.35. The molecule has 1 unspecified atom stereocenters. The summed E-state index contributed by atoms with van der Waals surface area (Å²) < 4.78 is 3.91. The van der Waals surface area contributed by atoms with E-state index in [4.69, 9.17) is 0 Å². The van der Waals surface area contributed by atoms with Crippen molar-refractivity contribution < 1.29 is 4.79 Å². The van der Waals surface area contributed by atoms with Gasteiger partial charge in [-0.05, 0) is 31.2 Å². The predicted octanol–water partition coefficient (Wildman–Crippen LogP) is 1.26. The summed E-state index contributed by atoms with van der Waals surface area (Å²) in [5.74, 6) is 0.246. The Balaban J connectivity index is 1.70. The minimum atomic E-state index is -0.534. The van der Waals surface area contributed by atoms with E-state index in [9.17, 15) is 14.4 Å². The molecule has 1 atom stereocenters. The summed E-state index contributed by atoms with van der Waals surface area (Å²) in [4.78, 5) is 44.9. The SMILES string of the molecule is CC(C1CC1)N(Cc1ccccc1)C(=O)Cn1c(=O)c2c(ncn2C)n(C)c1=O. The molecule has 0 saturated heterocycles. The Morgan fingerprint density at radius 3 is 2.55 bits per heavy atom. The second-order valence-electron chi connectivity index (χ2n) is 7.85. The fourth-order valence-corrected chi connectivity index (χ4v) is 3.83. The molecule has 4 rings (SSSR count). The monoisotopic (exact) mass is 395 g/mol. The van der Waals surface area contributed by atoms with Crippen molar-refractivity contribution >= 4 is 17.1 Å². The highest BCUT2D eigenvalue weighted by atomic mass is 16.2. The normalized spacial score (nSPS) is 14.9. The zero-order valence-corrected chi connectivity index (χ0v) is 16.9. The van der Waals surface area contributed by atoms with Crippen LogP contribution in [0.4, 0.5) is 0 Å². The van der Waals surface area contributed by atoms with Gasteiger partial charge in [0.1, 0.15) is 6.54 Å². The fraction of sp³-hybridized carbons (Fsp3) is 0.429. The van der Waals surface area contributed by atoms with E-state index in [1.807, 2.05) is 37.3 Å². The Morgan fingerprint density at radius 1 is 1.21 bits per heavy atom. The van der Waals surface area contributed by atoms with Crippen molar-refractivity contribution in [2.24, 2.45) is 20.0 Å². The molecule has 1 saturated carbocycles. The van der Waals surface area contributed by atoms with Crippen molar-refractivity contribution in [3.05, 3.63) is 63.1 Å². The first kappa shape index (κ1) is 19.2. The van der Waals surface area contributed by atoms with Crippen molar-refractivity contribution in [2.45, 2.75) is 38.9 Å². The van der Waals surface area contributed by atoms with Gasteiger partial charge >= 0.3 is 5.69 Å². The number of carbonyl (C=O) groups excluding carboxylic acids is 1. The number of imidazole rings is 1. The molecule has 0 N–H and O–H groups in total. The Labute approximate surface area is 168 Å². The predicted molar refractivity (Wildman–Crippen MR) is 109 cm³/mol. The van der Waals surface area contributed by atoms with Crippen molar-refractivity contribution in [1.29, 1.82) is 0 Å². The molecule has 152 valence electrons. The molecule has 8 nitrogen and oxygen atoms in total. The number of rotatable bonds is 6. The van der Waals surface area contributed by atoms with Gasteiger partial charge in [-0.25, -0.2) is 14.3 Å². The molecule has 2 heterocycles. The lowest BCUT2D eigenvalue weighted by atomic mass is 10.1. The zero-order valence-electron chi connectivity index (χ0n) is 16.9. The van der Waals surface area contributed by atoms with Gasteiger partial charge in [0, 0.05) is 26.7 Å². The minimum absolute atomic E-state index is 0.0581. The van der Waals surface area contributed by atoms with Crippen LogP contribution in [-0.4, -0.2) is 35.5 Å². The van der Waals surface area contributed by atoms with Crippen LogP contribution in [0.15, 0.2) is 46.2 Å². The van der Waals surface area contributed by atoms with Gasteiger partial charge in [-0.1, -0.05) is 30.3 Å². The first-order valence-electron chi connectivity index (χ1n) is 9.82. The van der Waals surface area contributed by atoms with E-state index in [1.165, 1.54) is 10.9 Å². The number of nitrogens with zero attached hydrogens (tertiary/aromatic N) is 5. The summed E-state index contributed by atoms with van der Waals surface area (Å²) in [5.41, 5.74) is 0.627. The van der Waals surface area contributed by atoms with E-state index < -0.39 is 11.2 Å². The smallest absolute Gasteiger partial charge is 0.332 e. The van der Waals surface area contributed by atoms with Crippen molar-refractivity contribution in [2.75, 3.05) is 0 Å². The Morgan fingerprint density at radius 2 is 1.90 bits per heavy atom. The van der Waals surface area contributed by atoms with Crippen LogP contribution >= 0.6 is 0 Å². The van der Waals surface area contributed by atoms with E-state index in [1.54, 1.807) is 23.6 Å². The van der Waals surface area contributed by atoms with E-state index in [0.717, 1.165) is 23.0 Å².